The Labute approximate surface area is 105 Å². The van der Waals surface area contributed by atoms with Crippen LogP contribution >= 0.6 is 22.6 Å². The minimum atomic E-state index is -0.303. The summed E-state index contributed by atoms with van der Waals surface area (Å²) < 4.78 is 1.17. The number of hydrogen-bond acceptors (Lipinski definition) is 1. The van der Waals surface area contributed by atoms with Gasteiger partial charge in [0.1, 0.15) is 0 Å². The van der Waals surface area contributed by atoms with Crippen LogP contribution in [0, 0.1) is 8.99 Å². The molecule has 0 spiro atoms. The molecule has 15 heavy (non-hydrogen) atoms. The third kappa shape index (κ3) is 3.48. The average molecular weight is 317 g/mol. The molecule has 0 aliphatic rings. The van der Waals surface area contributed by atoms with Crippen LogP contribution in [0.5, 0.6) is 0 Å². The first-order chi connectivity index (χ1) is 6.95. The Hall–Kier alpha value is -0.580. The molecule has 0 unspecified atom stereocenters. The number of benzene rings is 1. The molecule has 1 amide bonds. The molecule has 3 heteroatoms. The van der Waals surface area contributed by atoms with Crippen molar-refractivity contribution >= 4 is 34.2 Å². The molecular formula is C12H16INO. The lowest BCUT2D eigenvalue weighted by atomic mass is 9.89. The normalized spacial score (nSPS) is 11.2. The molecule has 0 saturated carbocycles. The van der Waals surface area contributed by atoms with Crippen LogP contribution < -0.4 is 5.32 Å². The van der Waals surface area contributed by atoms with Crippen LogP contribution in [0.4, 0.5) is 5.69 Å². The van der Waals surface area contributed by atoms with E-state index in [1.165, 1.54) is 3.57 Å². The van der Waals surface area contributed by atoms with E-state index >= 15 is 0 Å². The highest BCUT2D eigenvalue weighted by molar-refractivity contribution is 14.1. The quantitative estimate of drug-likeness (QED) is 0.847. The molecule has 0 radical (unpaired) electrons. The molecular weight excluding hydrogens is 301 g/mol. The largest absolute Gasteiger partial charge is 0.326 e. The minimum absolute atomic E-state index is 0.0752. The third-order valence-corrected chi connectivity index (χ3v) is 3.32. The van der Waals surface area contributed by atoms with Gasteiger partial charge in [0.05, 0.1) is 0 Å². The SMILES string of the molecule is CCC(C)(C)C(=O)Nc1ccc(I)cc1. The molecule has 1 rings (SSSR count). The van der Waals surface area contributed by atoms with Crippen molar-refractivity contribution < 1.29 is 4.79 Å². The van der Waals surface area contributed by atoms with Gasteiger partial charge < -0.3 is 5.32 Å². The van der Waals surface area contributed by atoms with Gasteiger partial charge in [-0.2, -0.15) is 0 Å². The molecule has 0 heterocycles. The van der Waals surface area contributed by atoms with Gasteiger partial charge in [-0.15, -0.1) is 0 Å². The standard InChI is InChI=1S/C12H16INO/c1-4-12(2,3)11(15)14-10-7-5-9(13)6-8-10/h5-8H,4H2,1-3H3,(H,14,15). The fourth-order valence-corrected chi connectivity index (χ4v) is 1.35. The Morgan fingerprint density at radius 2 is 1.87 bits per heavy atom. The Bertz CT molecular complexity index is 343. The molecule has 2 nitrogen and oxygen atoms in total. The predicted octanol–water partition coefficient (Wildman–Crippen LogP) is 3.67. The van der Waals surface area contributed by atoms with Crippen molar-refractivity contribution in [3.05, 3.63) is 27.8 Å². The Balaban J connectivity index is 2.71. The zero-order valence-electron chi connectivity index (χ0n) is 9.30. The number of anilines is 1. The Morgan fingerprint density at radius 3 is 2.33 bits per heavy atom. The van der Waals surface area contributed by atoms with Crippen LogP contribution in [0.1, 0.15) is 27.2 Å². The monoisotopic (exact) mass is 317 g/mol. The molecule has 0 aliphatic heterocycles. The molecule has 0 atom stereocenters. The summed E-state index contributed by atoms with van der Waals surface area (Å²) >= 11 is 2.24. The number of halogens is 1. The van der Waals surface area contributed by atoms with Crippen LogP contribution in [0.3, 0.4) is 0 Å². The van der Waals surface area contributed by atoms with Crippen molar-refractivity contribution in [2.24, 2.45) is 5.41 Å². The predicted molar refractivity (Wildman–Crippen MR) is 71.9 cm³/mol. The lowest BCUT2D eigenvalue weighted by molar-refractivity contribution is -0.124. The highest BCUT2D eigenvalue weighted by atomic mass is 127. The van der Waals surface area contributed by atoms with Crippen LogP contribution in [0.25, 0.3) is 0 Å². The Morgan fingerprint density at radius 1 is 1.33 bits per heavy atom. The van der Waals surface area contributed by atoms with E-state index in [0.717, 1.165) is 12.1 Å². The number of amides is 1. The van der Waals surface area contributed by atoms with E-state index in [4.69, 9.17) is 0 Å². The van der Waals surface area contributed by atoms with Crippen molar-refractivity contribution in [2.75, 3.05) is 5.32 Å². The highest BCUT2D eigenvalue weighted by Crippen LogP contribution is 2.22. The molecule has 1 aromatic carbocycles. The van der Waals surface area contributed by atoms with Crippen molar-refractivity contribution in [3.8, 4) is 0 Å². The zero-order valence-corrected chi connectivity index (χ0v) is 11.5. The van der Waals surface area contributed by atoms with Crippen molar-refractivity contribution in [3.63, 3.8) is 0 Å². The topological polar surface area (TPSA) is 29.1 Å². The van der Waals surface area contributed by atoms with Crippen LogP contribution in [-0.2, 0) is 4.79 Å². The summed E-state index contributed by atoms with van der Waals surface area (Å²) in [6.45, 7) is 5.93. The molecule has 0 fully saturated rings. The first kappa shape index (κ1) is 12.5. The highest BCUT2D eigenvalue weighted by Gasteiger charge is 2.24. The zero-order chi connectivity index (χ0) is 11.5. The summed E-state index contributed by atoms with van der Waals surface area (Å²) in [5.74, 6) is 0.0752. The second kappa shape index (κ2) is 4.96. The fourth-order valence-electron chi connectivity index (χ4n) is 0.994. The summed E-state index contributed by atoms with van der Waals surface area (Å²) in [5, 5.41) is 2.92. The van der Waals surface area contributed by atoms with E-state index in [-0.39, 0.29) is 11.3 Å². The molecule has 1 N–H and O–H groups in total. The number of rotatable bonds is 3. The number of carbonyl (C=O) groups is 1. The van der Waals surface area contributed by atoms with Gasteiger partial charge in [-0.25, -0.2) is 0 Å². The van der Waals surface area contributed by atoms with E-state index < -0.39 is 0 Å². The van der Waals surface area contributed by atoms with Crippen molar-refractivity contribution in [1.82, 2.24) is 0 Å². The lowest BCUT2D eigenvalue weighted by Gasteiger charge is -2.21. The van der Waals surface area contributed by atoms with E-state index in [2.05, 4.69) is 27.9 Å². The maximum absolute atomic E-state index is 11.8. The summed E-state index contributed by atoms with van der Waals surface area (Å²) in [7, 11) is 0. The number of hydrogen-bond donors (Lipinski definition) is 1. The van der Waals surface area contributed by atoms with Gasteiger partial charge in [0.2, 0.25) is 5.91 Å². The Kier molecular flexibility index (Phi) is 4.13. The second-order valence-electron chi connectivity index (χ2n) is 4.20. The van der Waals surface area contributed by atoms with Gasteiger partial charge in [0, 0.05) is 14.7 Å². The van der Waals surface area contributed by atoms with Gasteiger partial charge in [0.15, 0.2) is 0 Å². The van der Waals surface area contributed by atoms with Crippen molar-refractivity contribution in [1.29, 1.82) is 0 Å². The van der Waals surface area contributed by atoms with Gasteiger partial charge in [-0.1, -0.05) is 20.8 Å². The van der Waals surface area contributed by atoms with Crippen LogP contribution in [0.15, 0.2) is 24.3 Å². The van der Waals surface area contributed by atoms with Crippen molar-refractivity contribution in [2.45, 2.75) is 27.2 Å². The molecule has 82 valence electrons. The minimum Gasteiger partial charge on any atom is -0.326 e. The van der Waals surface area contributed by atoms with E-state index in [9.17, 15) is 4.79 Å². The average Bonchev–Trinajstić information content (AvgIpc) is 2.21. The fraction of sp³-hybridized carbons (Fsp3) is 0.417. The number of nitrogens with one attached hydrogen (secondary N) is 1. The van der Waals surface area contributed by atoms with Gasteiger partial charge in [-0.05, 0) is 53.3 Å². The first-order valence-electron chi connectivity index (χ1n) is 5.03. The van der Waals surface area contributed by atoms with E-state index in [0.29, 0.717) is 0 Å². The summed E-state index contributed by atoms with van der Waals surface area (Å²) in [5.41, 5.74) is 0.560. The second-order valence-corrected chi connectivity index (χ2v) is 5.44. The molecule has 0 aliphatic carbocycles. The van der Waals surface area contributed by atoms with Gasteiger partial charge in [-0.3, -0.25) is 4.79 Å². The lowest BCUT2D eigenvalue weighted by Crippen LogP contribution is -2.29. The molecule has 0 aromatic heterocycles. The molecule has 1 aromatic rings. The van der Waals surface area contributed by atoms with E-state index in [1.807, 2.05) is 45.0 Å². The van der Waals surface area contributed by atoms with Crippen LogP contribution in [0.2, 0.25) is 0 Å². The molecule has 0 bridgehead atoms. The van der Waals surface area contributed by atoms with Gasteiger partial charge >= 0.3 is 0 Å². The van der Waals surface area contributed by atoms with Crippen LogP contribution in [-0.4, -0.2) is 5.91 Å². The summed E-state index contributed by atoms with van der Waals surface area (Å²) in [6, 6.07) is 7.81. The first-order valence-corrected chi connectivity index (χ1v) is 6.10. The summed E-state index contributed by atoms with van der Waals surface area (Å²) in [6.07, 6.45) is 0.837. The van der Waals surface area contributed by atoms with Gasteiger partial charge in [0.25, 0.3) is 0 Å². The maximum Gasteiger partial charge on any atom is 0.230 e. The smallest absolute Gasteiger partial charge is 0.230 e. The maximum atomic E-state index is 11.8. The third-order valence-electron chi connectivity index (χ3n) is 2.60. The summed E-state index contributed by atoms with van der Waals surface area (Å²) in [4.78, 5) is 11.8. The number of carbonyl (C=O) groups excluding carboxylic acids is 1. The van der Waals surface area contributed by atoms with E-state index in [1.54, 1.807) is 0 Å². The molecule has 0 saturated heterocycles.